The molecule has 0 aliphatic heterocycles. The van der Waals surface area contributed by atoms with Crippen molar-refractivity contribution in [3.05, 3.63) is 68.8 Å². The first-order valence-electron chi connectivity index (χ1n) is 6.50. The Balaban J connectivity index is 0.000000260. The largest absolute Gasteiger partial charge is 0.511 e. The van der Waals surface area contributed by atoms with Crippen LogP contribution in [0.2, 0.25) is 0 Å². The lowest BCUT2D eigenvalue weighted by Gasteiger charge is -1.99. The minimum atomic E-state index is -1.57. The molecular weight excluding hydrogens is 356 g/mol. The SMILES string of the molecule is O=C(O)Oc1ccc([N+](=O)[O-])cc1.O=C(O)Oc1ccccc1[N+](=O)[O-]. The minimum absolute atomic E-state index is 0.0538. The van der Waals surface area contributed by atoms with E-state index in [4.69, 9.17) is 10.2 Å². The zero-order valence-electron chi connectivity index (χ0n) is 12.7. The topological polar surface area (TPSA) is 179 Å². The third-order valence-corrected chi connectivity index (χ3v) is 2.51. The number of para-hydroxylation sites is 2. The molecule has 0 saturated heterocycles. The van der Waals surface area contributed by atoms with Gasteiger partial charge >= 0.3 is 18.0 Å². The highest BCUT2D eigenvalue weighted by Crippen LogP contribution is 2.25. The number of hydrogen-bond donors (Lipinski definition) is 2. The summed E-state index contributed by atoms with van der Waals surface area (Å²) >= 11 is 0. The van der Waals surface area contributed by atoms with Gasteiger partial charge in [0.25, 0.3) is 5.69 Å². The molecule has 0 atom stereocenters. The number of carboxylic acid groups (broad SMARTS) is 2. The number of nitro benzene ring substituents is 2. The number of nitrogens with zero attached hydrogens (tertiary/aromatic N) is 2. The minimum Gasteiger partial charge on any atom is -0.449 e. The molecule has 0 amide bonds. The molecule has 2 rings (SSSR count). The summed E-state index contributed by atoms with van der Waals surface area (Å²) in [5.41, 5.74) is -0.484. The van der Waals surface area contributed by atoms with Gasteiger partial charge in [0, 0.05) is 18.2 Å². The fraction of sp³-hybridized carbons (Fsp3) is 0. The van der Waals surface area contributed by atoms with Crippen LogP contribution in [0.15, 0.2) is 48.5 Å². The molecule has 0 radical (unpaired) electrons. The second kappa shape index (κ2) is 9.17. The Labute approximate surface area is 144 Å². The van der Waals surface area contributed by atoms with Crippen molar-refractivity contribution in [1.82, 2.24) is 0 Å². The Hall–Kier alpha value is -4.22. The molecule has 136 valence electrons. The normalized spacial score (nSPS) is 9.23. The quantitative estimate of drug-likeness (QED) is 0.352. The van der Waals surface area contributed by atoms with E-state index in [2.05, 4.69) is 9.47 Å². The van der Waals surface area contributed by atoms with E-state index in [1.807, 2.05) is 0 Å². The maximum atomic E-state index is 10.3. The van der Waals surface area contributed by atoms with Crippen molar-refractivity contribution in [2.75, 3.05) is 0 Å². The third kappa shape index (κ3) is 6.49. The van der Waals surface area contributed by atoms with Gasteiger partial charge in [-0.15, -0.1) is 0 Å². The van der Waals surface area contributed by atoms with Gasteiger partial charge in [0.1, 0.15) is 5.75 Å². The summed E-state index contributed by atoms with van der Waals surface area (Å²) in [6, 6.07) is 10.0. The molecular formula is C14H10N2O10. The van der Waals surface area contributed by atoms with Gasteiger partial charge in [-0.25, -0.2) is 9.59 Å². The molecule has 0 aromatic heterocycles. The fourth-order valence-corrected chi connectivity index (χ4v) is 1.53. The molecule has 12 heteroatoms. The van der Waals surface area contributed by atoms with E-state index >= 15 is 0 Å². The maximum absolute atomic E-state index is 10.3. The van der Waals surface area contributed by atoms with Crippen molar-refractivity contribution >= 4 is 23.7 Å². The Kier molecular flexibility index (Phi) is 6.99. The van der Waals surface area contributed by atoms with Crippen molar-refractivity contribution in [2.45, 2.75) is 0 Å². The van der Waals surface area contributed by atoms with Crippen molar-refractivity contribution in [1.29, 1.82) is 0 Å². The monoisotopic (exact) mass is 366 g/mol. The van der Waals surface area contributed by atoms with E-state index in [9.17, 15) is 29.8 Å². The highest BCUT2D eigenvalue weighted by Gasteiger charge is 2.15. The van der Waals surface area contributed by atoms with Gasteiger partial charge in [-0.1, -0.05) is 12.1 Å². The zero-order chi connectivity index (χ0) is 19.7. The summed E-state index contributed by atoms with van der Waals surface area (Å²) in [6.07, 6.45) is -3.02. The van der Waals surface area contributed by atoms with Crippen molar-refractivity contribution < 1.29 is 39.1 Å². The van der Waals surface area contributed by atoms with Crippen LogP contribution in [0.4, 0.5) is 21.0 Å². The molecule has 26 heavy (non-hydrogen) atoms. The van der Waals surface area contributed by atoms with Crippen LogP contribution in [-0.2, 0) is 0 Å². The van der Waals surface area contributed by atoms with Gasteiger partial charge in [-0.2, -0.15) is 0 Å². The van der Waals surface area contributed by atoms with Crippen LogP contribution in [0.1, 0.15) is 0 Å². The van der Waals surface area contributed by atoms with Gasteiger partial charge < -0.3 is 19.7 Å². The number of benzene rings is 2. The number of rotatable bonds is 4. The van der Waals surface area contributed by atoms with E-state index in [1.54, 1.807) is 0 Å². The summed E-state index contributed by atoms with van der Waals surface area (Å²) in [5.74, 6) is -0.224. The van der Waals surface area contributed by atoms with Crippen molar-refractivity contribution in [3.8, 4) is 11.5 Å². The lowest BCUT2D eigenvalue weighted by Crippen LogP contribution is -2.04. The first kappa shape index (κ1) is 19.8. The van der Waals surface area contributed by atoms with Gasteiger partial charge in [-0.3, -0.25) is 20.2 Å². The molecule has 0 heterocycles. The fourth-order valence-electron chi connectivity index (χ4n) is 1.53. The Morgan fingerprint density at radius 3 is 1.81 bits per heavy atom. The predicted octanol–water partition coefficient (Wildman–Crippen LogP) is 3.30. The summed E-state index contributed by atoms with van der Waals surface area (Å²) in [7, 11) is 0. The van der Waals surface area contributed by atoms with Crippen LogP contribution in [0, 0.1) is 20.2 Å². The average molecular weight is 366 g/mol. The summed E-state index contributed by atoms with van der Waals surface area (Å²) in [6.45, 7) is 0. The number of non-ortho nitro benzene ring substituents is 1. The molecule has 0 saturated carbocycles. The molecule has 0 unspecified atom stereocenters. The highest BCUT2D eigenvalue weighted by atomic mass is 16.7. The van der Waals surface area contributed by atoms with Crippen LogP contribution >= 0.6 is 0 Å². The highest BCUT2D eigenvalue weighted by molar-refractivity contribution is 5.64. The van der Waals surface area contributed by atoms with E-state index in [0.717, 1.165) is 18.2 Å². The number of ether oxygens (including phenoxy) is 2. The molecule has 2 aromatic carbocycles. The van der Waals surface area contributed by atoms with Crippen LogP contribution in [0.5, 0.6) is 11.5 Å². The van der Waals surface area contributed by atoms with Crippen LogP contribution in [0.3, 0.4) is 0 Å². The number of carbonyl (C=O) groups is 2. The second-order valence-electron chi connectivity index (χ2n) is 4.21. The zero-order valence-corrected chi connectivity index (χ0v) is 12.7. The maximum Gasteiger partial charge on any atom is 0.511 e. The van der Waals surface area contributed by atoms with Gasteiger partial charge in [0.2, 0.25) is 5.75 Å². The second-order valence-corrected chi connectivity index (χ2v) is 4.21. The third-order valence-electron chi connectivity index (χ3n) is 2.51. The Morgan fingerprint density at radius 1 is 0.808 bits per heavy atom. The van der Waals surface area contributed by atoms with Crippen molar-refractivity contribution in [2.24, 2.45) is 0 Å². The summed E-state index contributed by atoms with van der Waals surface area (Å²) in [5, 5.41) is 36.9. The van der Waals surface area contributed by atoms with E-state index in [1.165, 1.54) is 30.3 Å². The van der Waals surface area contributed by atoms with Crippen LogP contribution in [0.25, 0.3) is 0 Å². The first-order chi connectivity index (χ1) is 12.2. The molecule has 2 aromatic rings. The van der Waals surface area contributed by atoms with Crippen molar-refractivity contribution in [3.63, 3.8) is 0 Å². The molecule has 0 fully saturated rings. The smallest absolute Gasteiger partial charge is 0.449 e. The average Bonchev–Trinajstić information content (AvgIpc) is 2.55. The number of hydrogen-bond acceptors (Lipinski definition) is 8. The summed E-state index contributed by atoms with van der Waals surface area (Å²) in [4.78, 5) is 39.4. The Morgan fingerprint density at radius 2 is 1.35 bits per heavy atom. The van der Waals surface area contributed by atoms with Crippen LogP contribution in [-0.4, -0.2) is 32.4 Å². The summed E-state index contributed by atoms with van der Waals surface area (Å²) < 4.78 is 8.42. The predicted molar refractivity (Wildman–Crippen MR) is 83.5 cm³/mol. The van der Waals surface area contributed by atoms with Gasteiger partial charge in [0.15, 0.2) is 0 Å². The van der Waals surface area contributed by atoms with Gasteiger partial charge in [-0.05, 0) is 18.2 Å². The van der Waals surface area contributed by atoms with E-state index in [-0.39, 0.29) is 22.9 Å². The molecule has 2 N–H and O–H groups in total. The van der Waals surface area contributed by atoms with E-state index < -0.39 is 22.2 Å². The molecule has 0 spiro atoms. The lowest BCUT2D eigenvalue weighted by atomic mass is 10.3. The standard InChI is InChI=1S/2C7H5NO5/c9-7(10)13-6-3-1-5(2-4-6)8(11)12;9-7(10)13-6-4-2-1-3-5(6)8(11)12/h2*1-4H,(H,9,10). The first-order valence-corrected chi connectivity index (χ1v) is 6.50. The van der Waals surface area contributed by atoms with E-state index in [0.29, 0.717) is 0 Å². The molecule has 0 aliphatic carbocycles. The molecule has 0 bridgehead atoms. The molecule has 0 aliphatic rings. The lowest BCUT2D eigenvalue weighted by molar-refractivity contribution is -0.385. The Bertz CT molecular complexity index is 819. The molecule has 12 nitrogen and oxygen atoms in total. The number of nitro groups is 2. The van der Waals surface area contributed by atoms with Gasteiger partial charge in [0.05, 0.1) is 9.85 Å². The van der Waals surface area contributed by atoms with Crippen LogP contribution < -0.4 is 9.47 Å².